The zero-order chi connectivity index (χ0) is 11.3. The maximum atomic E-state index is 6.26. The van der Waals surface area contributed by atoms with E-state index >= 15 is 0 Å². The Kier molecular flexibility index (Phi) is 5.62. The highest BCUT2D eigenvalue weighted by Crippen LogP contribution is 2.34. The van der Waals surface area contributed by atoms with Gasteiger partial charge in [-0.1, -0.05) is 13.8 Å². The van der Waals surface area contributed by atoms with Crippen LogP contribution in [-0.4, -0.2) is 19.8 Å². The Bertz CT molecular complexity index is 162. The third-order valence-corrected chi connectivity index (χ3v) is 3.71. The monoisotopic (exact) mass is 213 g/mol. The van der Waals surface area contributed by atoms with E-state index in [2.05, 4.69) is 13.8 Å². The number of hydrogen-bond acceptors (Lipinski definition) is 2. The first kappa shape index (κ1) is 13.0. The van der Waals surface area contributed by atoms with Crippen LogP contribution in [-0.2, 0) is 4.74 Å². The molecule has 0 bridgehead atoms. The molecular formula is C13H27NO. The van der Waals surface area contributed by atoms with Gasteiger partial charge in [-0.15, -0.1) is 0 Å². The quantitative estimate of drug-likeness (QED) is 0.713. The molecule has 0 aromatic heterocycles. The normalized spacial score (nSPS) is 34.0. The molecule has 0 aromatic rings. The summed E-state index contributed by atoms with van der Waals surface area (Å²) in [5.41, 5.74) is 6.26. The Morgan fingerprint density at radius 3 is 2.33 bits per heavy atom. The Labute approximate surface area is 94.6 Å². The fourth-order valence-corrected chi connectivity index (χ4v) is 3.06. The van der Waals surface area contributed by atoms with Gasteiger partial charge in [-0.05, 0) is 49.9 Å². The highest BCUT2D eigenvalue weighted by Gasteiger charge is 2.27. The molecule has 15 heavy (non-hydrogen) atoms. The highest BCUT2D eigenvalue weighted by atomic mass is 16.5. The van der Waals surface area contributed by atoms with Crippen LogP contribution >= 0.6 is 0 Å². The van der Waals surface area contributed by atoms with E-state index in [1.807, 2.05) is 0 Å². The molecule has 0 amide bonds. The summed E-state index contributed by atoms with van der Waals surface area (Å²) in [6.07, 6.45) is 6.28. The summed E-state index contributed by atoms with van der Waals surface area (Å²) in [6, 6.07) is 0.394. The second kappa shape index (κ2) is 6.49. The molecule has 90 valence electrons. The van der Waals surface area contributed by atoms with Gasteiger partial charge in [0.1, 0.15) is 0 Å². The van der Waals surface area contributed by atoms with Gasteiger partial charge in [0.2, 0.25) is 0 Å². The van der Waals surface area contributed by atoms with Crippen molar-refractivity contribution in [1.29, 1.82) is 0 Å². The van der Waals surface area contributed by atoms with E-state index in [4.69, 9.17) is 10.5 Å². The van der Waals surface area contributed by atoms with Gasteiger partial charge in [-0.2, -0.15) is 0 Å². The van der Waals surface area contributed by atoms with Gasteiger partial charge in [-0.3, -0.25) is 0 Å². The molecule has 0 spiro atoms. The molecule has 2 N–H and O–H groups in total. The van der Waals surface area contributed by atoms with E-state index in [0.29, 0.717) is 6.04 Å². The molecule has 0 radical (unpaired) electrons. The zero-order valence-electron chi connectivity index (χ0n) is 10.5. The van der Waals surface area contributed by atoms with Gasteiger partial charge in [0.25, 0.3) is 0 Å². The molecule has 1 aliphatic carbocycles. The number of rotatable bonds is 5. The molecule has 3 unspecified atom stereocenters. The predicted molar refractivity (Wildman–Crippen MR) is 64.8 cm³/mol. The summed E-state index contributed by atoms with van der Waals surface area (Å²) in [7, 11) is 1.76. The SMILES string of the molecule is COCCCC(N)C1CC(C)CC(C)C1. The van der Waals surface area contributed by atoms with Gasteiger partial charge < -0.3 is 10.5 Å². The predicted octanol–water partition coefficient (Wildman–Crippen LogP) is 2.81. The number of hydrogen-bond donors (Lipinski definition) is 1. The van der Waals surface area contributed by atoms with Crippen molar-refractivity contribution in [3.05, 3.63) is 0 Å². The maximum Gasteiger partial charge on any atom is 0.0462 e. The molecular weight excluding hydrogens is 186 g/mol. The van der Waals surface area contributed by atoms with Crippen molar-refractivity contribution >= 4 is 0 Å². The standard InChI is InChI=1S/C13H27NO/c1-10-7-11(2)9-12(8-10)13(14)5-4-6-15-3/h10-13H,4-9,14H2,1-3H3. The fourth-order valence-electron chi connectivity index (χ4n) is 3.06. The van der Waals surface area contributed by atoms with Gasteiger partial charge in [0, 0.05) is 19.8 Å². The summed E-state index contributed by atoms with van der Waals surface area (Å²) >= 11 is 0. The Morgan fingerprint density at radius 2 is 1.80 bits per heavy atom. The molecule has 1 saturated carbocycles. The van der Waals surface area contributed by atoms with Crippen LogP contribution in [0.1, 0.15) is 46.0 Å². The van der Waals surface area contributed by atoms with Crippen molar-refractivity contribution in [3.63, 3.8) is 0 Å². The minimum Gasteiger partial charge on any atom is -0.385 e. The van der Waals surface area contributed by atoms with Crippen LogP contribution in [0.3, 0.4) is 0 Å². The van der Waals surface area contributed by atoms with Gasteiger partial charge in [0.05, 0.1) is 0 Å². The topological polar surface area (TPSA) is 35.2 Å². The van der Waals surface area contributed by atoms with Crippen LogP contribution in [0.15, 0.2) is 0 Å². The lowest BCUT2D eigenvalue weighted by molar-refractivity contribution is 0.165. The lowest BCUT2D eigenvalue weighted by Gasteiger charge is -2.35. The molecule has 0 aliphatic heterocycles. The first-order valence-electron chi connectivity index (χ1n) is 6.38. The lowest BCUT2D eigenvalue weighted by atomic mass is 9.73. The summed E-state index contributed by atoms with van der Waals surface area (Å²) in [6.45, 7) is 5.58. The molecule has 2 heteroatoms. The van der Waals surface area contributed by atoms with Crippen LogP contribution in [0, 0.1) is 17.8 Å². The largest absolute Gasteiger partial charge is 0.385 e. The van der Waals surface area contributed by atoms with E-state index in [-0.39, 0.29) is 0 Å². The number of methoxy groups -OCH3 is 1. The summed E-state index contributed by atoms with van der Waals surface area (Å²) in [5.74, 6) is 2.49. The molecule has 1 fully saturated rings. The highest BCUT2D eigenvalue weighted by molar-refractivity contribution is 4.81. The minimum atomic E-state index is 0.394. The van der Waals surface area contributed by atoms with E-state index < -0.39 is 0 Å². The molecule has 1 rings (SSSR count). The smallest absolute Gasteiger partial charge is 0.0462 e. The number of nitrogens with two attached hydrogens (primary N) is 1. The van der Waals surface area contributed by atoms with Crippen LogP contribution in [0.2, 0.25) is 0 Å². The maximum absolute atomic E-state index is 6.26. The van der Waals surface area contributed by atoms with Crippen LogP contribution in [0.25, 0.3) is 0 Å². The lowest BCUT2D eigenvalue weighted by Crippen LogP contribution is -2.35. The Balaban J connectivity index is 2.28. The van der Waals surface area contributed by atoms with Crippen LogP contribution in [0.5, 0.6) is 0 Å². The van der Waals surface area contributed by atoms with E-state index in [1.54, 1.807) is 7.11 Å². The van der Waals surface area contributed by atoms with Crippen molar-refractivity contribution in [2.24, 2.45) is 23.5 Å². The van der Waals surface area contributed by atoms with Crippen molar-refractivity contribution in [2.45, 2.75) is 52.0 Å². The average molecular weight is 213 g/mol. The molecule has 1 aliphatic rings. The second-order valence-electron chi connectivity index (χ2n) is 5.48. The van der Waals surface area contributed by atoms with E-state index in [9.17, 15) is 0 Å². The molecule has 2 nitrogen and oxygen atoms in total. The first-order valence-corrected chi connectivity index (χ1v) is 6.38. The third-order valence-electron chi connectivity index (χ3n) is 3.71. The zero-order valence-corrected chi connectivity index (χ0v) is 10.5. The first-order chi connectivity index (χ1) is 7.13. The third kappa shape index (κ3) is 4.52. The van der Waals surface area contributed by atoms with Crippen molar-refractivity contribution < 1.29 is 4.74 Å². The minimum absolute atomic E-state index is 0.394. The molecule has 0 aromatic carbocycles. The molecule has 3 atom stereocenters. The Morgan fingerprint density at radius 1 is 1.20 bits per heavy atom. The second-order valence-corrected chi connectivity index (χ2v) is 5.48. The fraction of sp³-hybridized carbons (Fsp3) is 1.00. The Hall–Kier alpha value is -0.0800. The summed E-state index contributed by atoms with van der Waals surface area (Å²) in [5, 5.41) is 0. The van der Waals surface area contributed by atoms with Crippen molar-refractivity contribution in [2.75, 3.05) is 13.7 Å². The molecule has 0 saturated heterocycles. The molecule has 0 heterocycles. The van der Waals surface area contributed by atoms with Crippen molar-refractivity contribution in [1.82, 2.24) is 0 Å². The average Bonchev–Trinajstić information content (AvgIpc) is 2.16. The van der Waals surface area contributed by atoms with Gasteiger partial charge >= 0.3 is 0 Å². The summed E-state index contributed by atoms with van der Waals surface area (Å²) < 4.78 is 5.07. The van der Waals surface area contributed by atoms with Crippen LogP contribution < -0.4 is 5.73 Å². The van der Waals surface area contributed by atoms with E-state index in [1.165, 1.54) is 19.3 Å². The van der Waals surface area contributed by atoms with Crippen molar-refractivity contribution in [3.8, 4) is 0 Å². The summed E-state index contributed by atoms with van der Waals surface area (Å²) in [4.78, 5) is 0. The van der Waals surface area contributed by atoms with Gasteiger partial charge in [0.15, 0.2) is 0 Å². The van der Waals surface area contributed by atoms with Crippen LogP contribution in [0.4, 0.5) is 0 Å². The number of ether oxygens (including phenoxy) is 1. The van der Waals surface area contributed by atoms with Gasteiger partial charge in [-0.25, -0.2) is 0 Å². The van der Waals surface area contributed by atoms with E-state index in [0.717, 1.165) is 37.2 Å².